The maximum atomic E-state index is 12.5. The second-order valence-corrected chi connectivity index (χ2v) is 4.83. The van der Waals surface area contributed by atoms with Crippen molar-refractivity contribution in [3.8, 4) is 0 Å². The summed E-state index contributed by atoms with van der Waals surface area (Å²) in [5.41, 5.74) is 0.0613. The topological polar surface area (TPSA) is 12.0 Å². The molecule has 0 saturated heterocycles. The van der Waals surface area contributed by atoms with Gasteiger partial charge in [-0.05, 0) is 47.0 Å². The van der Waals surface area contributed by atoms with Gasteiger partial charge in [0.25, 0.3) is 0 Å². The van der Waals surface area contributed by atoms with Crippen LogP contribution >= 0.6 is 15.9 Å². The molecular formula is C12H11BrF3N. The molecule has 0 fully saturated rings. The molecule has 1 aliphatic carbocycles. The molecule has 1 aromatic carbocycles. The lowest BCUT2D eigenvalue weighted by Gasteiger charge is -2.16. The molecule has 0 aromatic heterocycles. The third-order valence-electron chi connectivity index (χ3n) is 2.66. The Bertz CT molecular complexity index is 432. The first kappa shape index (κ1) is 12.5. The van der Waals surface area contributed by atoms with E-state index in [1.54, 1.807) is 0 Å². The van der Waals surface area contributed by atoms with Crippen molar-refractivity contribution in [2.45, 2.75) is 25.1 Å². The van der Waals surface area contributed by atoms with Gasteiger partial charge in [-0.25, -0.2) is 0 Å². The Morgan fingerprint density at radius 1 is 1.18 bits per heavy atom. The number of hydrogen-bond acceptors (Lipinski definition) is 1. The lowest BCUT2D eigenvalue weighted by Crippen LogP contribution is -2.15. The second-order valence-electron chi connectivity index (χ2n) is 3.98. The van der Waals surface area contributed by atoms with Gasteiger partial charge in [0.1, 0.15) is 0 Å². The highest BCUT2D eigenvalue weighted by molar-refractivity contribution is 9.10. The zero-order valence-electron chi connectivity index (χ0n) is 8.89. The molecular weight excluding hydrogens is 295 g/mol. The van der Waals surface area contributed by atoms with Gasteiger partial charge < -0.3 is 5.32 Å². The van der Waals surface area contributed by atoms with E-state index < -0.39 is 11.7 Å². The van der Waals surface area contributed by atoms with Crippen LogP contribution in [-0.4, -0.2) is 6.04 Å². The number of halogens is 4. The molecule has 1 aromatic rings. The van der Waals surface area contributed by atoms with Crippen LogP contribution in [0.1, 0.15) is 18.4 Å². The van der Waals surface area contributed by atoms with Crippen molar-refractivity contribution in [3.05, 3.63) is 40.4 Å². The van der Waals surface area contributed by atoms with E-state index in [2.05, 4.69) is 33.4 Å². The predicted molar refractivity (Wildman–Crippen MR) is 64.9 cm³/mol. The van der Waals surface area contributed by atoms with Gasteiger partial charge in [0.05, 0.1) is 5.56 Å². The predicted octanol–water partition coefficient (Wildman–Crippen LogP) is 4.60. The minimum absolute atomic E-state index is 0.281. The number of benzene rings is 1. The summed E-state index contributed by atoms with van der Waals surface area (Å²) in [5, 5.41) is 3.21. The summed E-state index contributed by atoms with van der Waals surface area (Å²) in [6.07, 6.45) is 1.65. The average Bonchev–Trinajstić information content (AvgIpc) is 2.72. The molecule has 0 radical (unpaired) electrons. The summed E-state index contributed by atoms with van der Waals surface area (Å²) in [7, 11) is 0. The molecule has 0 aliphatic heterocycles. The minimum atomic E-state index is -4.30. The van der Waals surface area contributed by atoms with Crippen LogP contribution in [-0.2, 0) is 6.18 Å². The van der Waals surface area contributed by atoms with Crippen LogP contribution in [0.15, 0.2) is 34.8 Å². The SMILES string of the molecule is FC(F)(F)c1ccc(NC2CC=CC2)c(Br)c1. The number of rotatable bonds is 2. The summed E-state index contributed by atoms with van der Waals surface area (Å²) in [5.74, 6) is 0. The summed E-state index contributed by atoms with van der Waals surface area (Å²) < 4.78 is 37.8. The zero-order chi connectivity index (χ0) is 12.5. The highest BCUT2D eigenvalue weighted by Gasteiger charge is 2.30. The van der Waals surface area contributed by atoms with Gasteiger partial charge in [0, 0.05) is 16.2 Å². The maximum absolute atomic E-state index is 12.5. The third-order valence-corrected chi connectivity index (χ3v) is 3.32. The van der Waals surface area contributed by atoms with Crippen LogP contribution in [0.25, 0.3) is 0 Å². The maximum Gasteiger partial charge on any atom is 0.416 e. The van der Waals surface area contributed by atoms with E-state index >= 15 is 0 Å². The lowest BCUT2D eigenvalue weighted by molar-refractivity contribution is -0.137. The van der Waals surface area contributed by atoms with E-state index in [4.69, 9.17) is 0 Å². The van der Waals surface area contributed by atoms with Gasteiger partial charge in [-0.15, -0.1) is 0 Å². The van der Waals surface area contributed by atoms with Crippen molar-refractivity contribution in [2.75, 3.05) is 5.32 Å². The Kier molecular flexibility index (Phi) is 3.47. The van der Waals surface area contributed by atoms with E-state index in [0.29, 0.717) is 10.2 Å². The van der Waals surface area contributed by atoms with Crippen LogP contribution in [0.5, 0.6) is 0 Å². The number of hydrogen-bond donors (Lipinski definition) is 1. The Morgan fingerprint density at radius 2 is 1.82 bits per heavy atom. The summed E-state index contributed by atoms with van der Waals surface area (Å²) in [6.45, 7) is 0. The normalized spacial score (nSPS) is 16.5. The molecule has 0 amide bonds. The minimum Gasteiger partial charge on any atom is -0.381 e. The van der Waals surface area contributed by atoms with Crippen LogP contribution < -0.4 is 5.32 Å². The number of anilines is 1. The molecule has 1 nitrogen and oxygen atoms in total. The summed E-state index contributed by atoms with van der Waals surface area (Å²) in [6, 6.07) is 3.94. The average molecular weight is 306 g/mol. The molecule has 5 heteroatoms. The molecule has 0 bridgehead atoms. The smallest absolute Gasteiger partial charge is 0.381 e. The molecule has 17 heavy (non-hydrogen) atoms. The first-order valence-corrected chi connectivity index (χ1v) is 6.04. The molecule has 0 atom stereocenters. The van der Waals surface area contributed by atoms with E-state index in [0.717, 1.165) is 25.0 Å². The Hall–Kier alpha value is -0.970. The summed E-state index contributed by atoms with van der Waals surface area (Å²) >= 11 is 3.16. The van der Waals surface area contributed by atoms with Crippen LogP contribution in [0, 0.1) is 0 Å². The Labute approximate surface area is 106 Å². The fourth-order valence-corrected chi connectivity index (χ4v) is 2.26. The van der Waals surface area contributed by atoms with Crippen LogP contribution in [0.4, 0.5) is 18.9 Å². The van der Waals surface area contributed by atoms with Crippen molar-refractivity contribution in [1.29, 1.82) is 0 Å². The molecule has 2 rings (SSSR count). The Morgan fingerprint density at radius 3 is 2.35 bits per heavy atom. The van der Waals surface area contributed by atoms with Gasteiger partial charge in [-0.1, -0.05) is 12.2 Å². The van der Waals surface area contributed by atoms with Gasteiger partial charge in [-0.3, -0.25) is 0 Å². The van der Waals surface area contributed by atoms with Crippen molar-refractivity contribution < 1.29 is 13.2 Å². The Balaban J connectivity index is 2.14. The van der Waals surface area contributed by atoms with Gasteiger partial charge in [-0.2, -0.15) is 13.2 Å². The van der Waals surface area contributed by atoms with Gasteiger partial charge in [0.2, 0.25) is 0 Å². The standard InChI is InChI=1S/C12H11BrF3N/c13-10-7-8(12(14,15)16)5-6-11(10)17-9-3-1-2-4-9/h1-2,5-7,9,17H,3-4H2. The highest BCUT2D eigenvalue weighted by atomic mass is 79.9. The fraction of sp³-hybridized carbons (Fsp3) is 0.333. The van der Waals surface area contributed by atoms with E-state index in [-0.39, 0.29) is 6.04 Å². The molecule has 0 spiro atoms. The van der Waals surface area contributed by atoms with Crippen molar-refractivity contribution in [3.63, 3.8) is 0 Å². The van der Waals surface area contributed by atoms with E-state index in [1.807, 2.05) is 0 Å². The number of alkyl halides is 3. The van der Waals surface area contributed by atoms with Gasteiger partial charge >= 0.3 is 6.18 Å². The van der Waals surface area contributed by atoms with Crippen molar-refractivity contribution in [1.82, 2.24) is 0 Å². The van der Waals surface area contributed by atoms with Crippen molar-refractivity contribution >= 4 is 21.6 Å². The molecule has 1 N–H and O–H groups in total. The second kappa shape index (κ2) is 4.72. The molecule has 0 heterocycles. The van der Waals surface area contributed by atoms with Gasteiger partial charge in [0.15, 0.2) is 0 Å². The van der Waals surface area contributed by atoms with Crippen LogP contribution in [0.3, 0.4) is 0 Å². The fourth-order valence-electron chi connectivity index (χ4n) is 1.76. The number of nitrogens with one attached hydrogen (secondary N) is 1. The largest absolute Gasteiger partial charge is 0.416 e. The molecule has 92 valence electrons. The third kappa shape index (κ3) is 3.03. The van der Waals surface area contributed by atoms with Crippen molar-refractivity contribution in [2.24, 2.45) is 0 Å². The van der Waals surface area contributed by atoms with E-state index in [1.165, 1.54) is 6.07 Å². The first-order valence-electron chi connectivity index (χ1n) is 5.25. The summed E-state index contributed by atoms with van der Waals surface area (Å²) in [4.78, 5) is 0. The lowest BCUT2D eigenvalue weighted by atomic mass is 10.1. The molecule has 0 unspecified atom stereocenters. The highest BCUT2D eigenvalue weighted by Crippen LogP contribution is 2.34. The monoisotopic (exact) mass is 305 g/mol. The van der Waals surface area contributed by atoms with E-state index in [9.17, 15) is 13.2 Å². The molecule has 0 saturated carbocycles. The quantitative estimate of drug-likeness (QED) is 0.788. The molecule has 1 aliphatic rings. The zero-order valence-corrected chi connectivity index (χ0v) is 10.5. The van der Waals surface area contributed by atoms with Crippen LogP contribution in [0.2, 0.25) is 0 Å². The first-order chi connectivity index (χ1) is 7.97.